The molecule has 1 heterocycles. The minimum atomic E-state index is -3.98. The zero-order chi connectivity index (χ0) is 23.8. The summed E-state index contributed by atoms with van der Waals surface area (Å²) < 4.78 is 69.6. The summed E-state index contributed by atoms with van der Waals surface area (Å²) in [6.07, 6.45) is 2.14. The number of benzene rings is 3. The van der Waals surface area contributed by atoms with Crippen LogP contribution in [0.3, 0.4) is 0 Å². The number of fused-ring (bicyclic) bond motifs is 1. The molecule has 0 spiro atoms. The lowest BCUT2D eigenvalue weighted by molar-refractivity contribution is 0.397. The van der Waals surface area contributed by atoms with Gasteiger partial charge in [0.15, 0.2) is 0 Å². The smallest absolute Gasteiger partial charge is 0.296 e. The first-order chi connectivity index (χ1) is 15.6. The maximum atomic E-state index is 13.7. The van der Waals surface area contributed by atoms with Crippen LogP contribution in [0, 0.1) is 12.7 Å². The van der Waals surface area contributed by atoms with Crippen molar-refractivity contribution >= 4 is 30.9 Å². The predicted octanol–water partition coefficient (Wildman–Crippen LogP) is 4.57. The molecule has 0 fully saturated rings. The van der Waals surface area contributed by atoms with Gasteiger partial charge >= 0.3 is 0 Å². The molecule has 0 bridgehead atoms. The standard InChI is InChI=1S/C24H22FNO5S2/c1-16-9-12-22(33(29,30)31-2)18(13-16)11-10-17-5-3-8-21-24(17)23(15-26-21)32(27,28)20-7-4-6-19(25)14-20/h3-9,12-15,26H,10-11H2,1-2H3. The Hall–Kier alpha value is -3.01. The van der Waals surface area contributed by atoms with Crippen LogP contribution in [0.25, 0.3) is 10.9 Å². The summed E-state index contributed by atoms with van der Waals surface area (Å²) in [6, 6.07) is 15.3. The van der Waals surface area contributed by atoms with Gasteiger partial charge in [0.1, 0.15) is 5.82 Å². The third kappa shape index (κ3) is 4.44. The monoisotopic (exact) mass is 487 g/mol. The van der Waals surface area contributed by atoms with Crippen LogP contribution in [0.2, 0.25) is 0 Å². The van der Waals surface area contributed by atoms with Gasteiger partial charge in [-0.2, -0.15) is 8.42 Å². The molecule has 4 aromatic rings. The Morgan fingerprint density at radius 1 is 0.879 bits per heavy atom. The van der Waals surface area contributed by atoms with Crippen LogP contribution in [0.1, 0.15) is 16.7 Å². The lowest BCUT2D eigenvalue weighted by Gasteiger charge is -2.12. The van der Waals surface area contributed by atoms with Crippen molar-refractivity contribution in [1.82, 2.24) is 4.98 Å². The molecule has 0 aliphatic heterocycles. The summed E-state index contributed by atoms with van der Waals surface area (Å²) in [6.45, 7) is 1.86. The van der Waals surface area contributed by atoms with Crippen LogP contribution < -0.4 is 0 Å². The fourth-order valence-corrected chi connectivity index (χ4v) is 6.31. The maximum absolute atomic E-state index is 13.7. The molecular formula is C24H22FNO5S2. The fraction of sp³-hybridized carbons (Fsp3) is 0.167. The lowest BCUT2D eigenvalue weighted by atomic mass is 10.0. The number of sulfone groups is 1. The Labute approximate surface area is 192 Å². The first-order valence-electron chi connectivity index (χ1n) is 10.1. The van der Waals surface area contributed by atoms with E-state index < -0.39 is 25.8 Å². The van der Waals surface area contributed by atoms with Crippen molar-refractivity contribution in [3.63, 3.8) is 0 Å². The second-order valence-corrected chi connectivity index (χ2v) is 11.3. The van der Waals surface area contributed by atoms with Gasteiger partial charge in [-0.25, -0.2) is 12.8 Å². The number of hydrogen-bond acceptors (Lipinski definition) is 5. The van der Waals surface area contributed by atoms with E-state index in [4.69, 9.17) is 4.18 Å². The van der Waals surface area contributed by atoms with Crippen molar-refractivity contribution in [3.8, 4) is 0 Å². The van der Waals surface area contributed by atoms with E-state index >= 15 is 0 Å². The summed E-state index contributed by atoms with van der Waals surface area (Å²) in [4.78, 5) is 2.98. The van der Waals surface area contributed by atoms with Crippen LogP contribution in [-0.2, 0) is 37.0 Å². The highest BCUT2D eigenvalue weighted by Gasteiger charge is 2.24. The first-order valence-corrected chi connectivity index (χ1v) is 13.0. The molecule has 0 radical (unpaired) electrons. The Balaban J connectivity index is 1.78. The Kier molecular flexibility index (Phi) is 6.13. The Morgan fingerprint density at radius 3 is 2.33 bits per heavy atom. The van der Waals surface area contributed by atoms with Crippen molar-refractivity contribution in [2.45, 2.75) is 34.5 Å². The number of nitrogens with one attached hydrogen (secondary N) is 1. The molecule has 0 saturated carbocycles. The average Bonchev–Trinajstić information content (AvgIpc) is 3.23. The second kappa shape index (κ2) is 8.74. The summed E-state index contributed by atoms with van der Waals surface area (Å²) in [5, 5.41) is 0.505. The maximum Gasteiger partial charge on any atom is 0.296 e. The molecule has 9 heteroatoms. The highest BCUT2D eigenvalue weighted by molar-refractivity contribution is 7.91. The molecule has 33 heavy (non-hydrogen) atoms. The number of halogens is 1. The minimum absolute atomic E-state index is 0.0488. The van der Waals surface area contributed by atoms with E-state index in [9.17, 15) is 21.2 Å². The van der Waals surface area contributed by atoms with E-state index in [0.717, 1.165) is 24.3 Å². The van der Waals surface area contributed by atoms with E-state index in [2.05, 4.69) is 4.98 Å². The number of aryl methyl sites for hydroxylation is 3. The van der Waals surface area contributed by atoms with Gasteiger partial charge in [-0.05, 0) is 61.2 Å². The molecule has 6 nitrogen and oxygen atoms in total. The van der Waals surface area contributed by atoms with Gasteiger partial charge in [-0.15, -0.1) is 0 Å². The summed E-state index contributed by atoms with van der Waals surface area (Å²) >= 11 is 0. The van der Waals surface area contributed by atoms with Gasteiger partial charge in [0, 0.05) is 17.1 Å². The first kappa shape index (κ1) is 23.2. The van der Waals surface area contributed by atoms with Crippen molar-refractivity contribution in [1.29, 1.82) is 0 Å². The van der Waals surface area contributed by atoms with Crippen molar-refractivity contribution in [2.24, 2.45) is 0 Å². The van der Waals surface area contributed by atoms with Crippen LogP contribution in [0.4, 0.5) is 4.39 Å². The lowest BCUT2D eigenvalue weighted by Crippen LogP contribution is -2.08. The number of hydrogen-bond donors (Lipinski definition) is 1. The van der Waals surface area contributed by atoms with Crippen molar-refractivity contribution < 1.29 is 25.4 Å². The Morgan fingerprint density at radius 2 is 1.61 bits per heavy atom. The summed E-state index contributed by atoms with van der Waals surface area (Å²) in [5.41, 5.74) is 2.83. The van der Waals surface area contributed by atoms with Gasteiger partial charge in [-0.3, -0.25) is 4.18 Å². The van der Waals surface area contributed by atoms with Gasteiger partial charge in [-0.1, -0.05) is 35.9 Å². The van der Waals surface area contributed by atoms with Crippen LogP contribution >= 0.6 is 0 Å². The number of rotatable bonds is 7. The van der Waals surface area contributed by atoms with E-state index in [1.807, 2.05) is 6.92 Å². The van der Waals surface area contributed by atoms with E-state index in [1.165, 1.54) is 30.5 Å². The minimum Gasteiger partial charge on any atom is -0.360 e. The molecule has 0 aliphatic carbocycles. The molecule has 0 atom stereocenters. The number of aromatic amines is 1. The van der Waals surface area contributed by atoms with Crippen molar-refractivity contribution in [3.05, 3.63) is 89.4 Å². The van der Waals surface area contributed by atoms with E-state index in [-0.39, 0.29) is 14.7 Å². The van der Waals surface area contributed by atoms with Gasteiger partial charge in [0.2, 0.25) is 9.84 Å². The average molecular weight is 488 g/mol. The Bertz CT molecular complexity index is 1560. The molecule has 0 unspecified atom stereocenters. The topological polar surface area (TPSA) is 93.3 Å². The van der Waals surface area contributed by atoms with E-state index in [0.29, 0.717) is 29.3 Å². The molecule has 1 N–H and O–H groups in total. The quantitative estimate of drug-likeness (QED) is 0.386. The number of H-pyrrole nitrogens is 1. The van der Waals surface area contributed by atoms with Gasteiger partial charge in [0.05, 0.1) is 21.8 Å². The molecule has 172 valence electrons. The molecule has 3 aromatic carbocycles. The largest absolute Gasteiger partial charge is 0.360 e. The molecule has 0 saturated heterocycles. The zero-order valence-electron chi connectivity index (χ0n) is 18.0. The summed E-state index contributed by atoms with van der Waals surface area (Å²) in [7, 11) is -6.76. The normalized spacial score (nSPS) is 12.3. The van der Waals surface area contributed by atoms with Crippen LogP contribution in [0.15, 0.2) is 81.5 Å². The van der Waals surface area contributed by atoms with E-state index in [1.54, 1.807) is 30.3 Å². The predicted molar refractivity (Wildman–Crippen MR) is 123 cm³/mol. The van der Waals surface area contributed by atoms with Gasteiger partial charge in [0.25, 0.3) is 10.1 Å². The highest BCUT2D eigenvalue weighted by Crippen LogP contribution is 2.32. The third-order valence-electron chi connectivity index (χ3n) is 5.52. The van der Waals surface area contributed by atoms with Crippen LogP contribution in [-0.4, -0.2) is 28.9 Å². The SMILES string of the molecule is COS(=O)(=O)c1ccc(C)cc1CCc1cccc2[nH]cc(S(=O)(=O)c3cccc(F)c3)c12. The molecule has 1 aromatic heterocycles. The zero-order valence-corrected chi connectivity index (χ0v) is 19.6. The molecule has 0 aliphatic rings. The molecule has 4 rings (SSSR count). The summed E-state index contributed by atoms with van der Waals surface area (Å²) in [5.74, 6) is -0.637. The molecule has 0 amide bonds. The van der Waals surface area contributed by atoms with Crippen LogP contribution in [0.5, 0.6) is 0 Å². The molecular weight excluding hydrogens is 465 g/mol. The van der Waals surface area contributed by atoms with Crippen molar-refractivity contribution in [2.75, 3.05) is 7.11 Å². The third-order valence-corrected chi connectivity index (χ3v) is 8.67. The second-order valence-electron chi connectivity index (χ2n) is 7.69. The fourth-order valence-electron chi connectivity index (χ4n) is 3.91. The van der Waals surface area contributed by atoms with Gasteiger partial charge < -0.3 is 4.98 Å². The number of aromatic nitrogens is 1. The highest BCUT2D eigenvalue weighted by atomic mass is 32.2.